The van der Waals surface area contributed by atoms with Gasteiger partial charge in [-0.3, -0.25) is 4.79 Å². The van der Waals surface area contributed by atoms with E-state index < -0.39 is 0 Å². The molecule has 120 valence electrons. The van der Waals surface area contributed by atoms with E-state index in [9.17, 15) is 4.79 Å². The van der Waals surface area contributed by atoms with E-state index in [0.29, 0.717) is 0 Å². The molecule has 0 saturated heterocycles. The quantitative estimate of drug-likeness (QED) is 0.797. The number of carbonyl (C=O) groups is 1. The molecule has 1 aliphatic carbocycles. The van der Waals surface area contributed by atoms with Crippen LogP contribution in [-0.4, -0.2) is 17.7 Å². The Balaban J connectivity index is 1.58. The summed E-state index contributed by atoms with van der Waals surface area (Å²) < 4.78 is 0. The van der Waals surface area contributed by atoms with E-state index in [-0.39, 0.29) is 16.6 Å². The molecule has 1 aliphatic rings. The number of hydrogen-bond acceptors (Lipinski definition) is 2. The normalized spacial score (nSPS) is 17.1. The molecule has 1 saturated carbocycles. The Hall–Kier alpha value is -1.74. The maximum absolute atomic E-state index is 12.4. The first-order chi connectivity index (χ1) is 11.2. The van der Waals surface area contributed by atoms with Crippen molar-refractivity contribution in [2.45, 2.75) is 41.7 Å². The number of rotatable bonds is 6. The molecule has 3 rings (SSSR count). The van der Waals surface area contributed by atoms with Gasteiger partial charge in [0.1, 0.15) is 0 Å². The summed E-state index contributed by atoms with van der Waals surface area (Å²) in [5.74, 6) is 0.126. The summed E-state index contributed by atoms with van der Waals surface area (Å²) in [7, 11) is 0. The van der Waals surface area contributed by atoms with Crippen LogP contribution < -0.4 is 5.32 Å². The van der Waals surface area contributed by atoms with Gasteiger partial charge in [-0.15, -0.1) is 11.8 Å². The molecule has 1 atom stereocenters. The summed E-state index contributed by atoms with van der Waals surface area (Å²) in [5.41, 5.74) is 1.50. The molecule has 1 unspecified atom stereocenters. The summed E-state index contributed by atoms with van der Waals surface area (Å²) in [6.07, 6.45) is 3.58. The van der Waals surface area contributed by atoms with Crippen LogP contribution in [0.15, 0.2) is 65.6 Å². The highest BCUT2D eigenvalue weighted by Crippen LogP contribution is 2.43. The maximum atomic E-state index is 12.4. The van der Waals surface area contributed by atoms with Gasteiger partial charge in [0.2, 0.25) is 5.91 Å². The van der Waals surface area contributed by atoms with Crippen LogP contribution in [-0.2, 0) is 10.2 Å². The zero-order chi connectivity index (χ0) is 16.1. The summed E-state index contributed by atoms with van der Waals surface area (Å²) in [6, 6.07) is 20.7. The highest BCUT2D eigenvalue weighted by atomic mass is 32.2. The smallest absolute Gasteiger partial charge is 0.233 e. The molecule has 0 aromatic heterocycles. The Labute approximate surface area is 142 Å². The number of thioether (sulfide) groups is 1. The second kappa shape index (κ2) is 7.22. The summed E-state index contributed by atoms with van der Waals surface area (Å²) in [6.45, 7) is 2.72. The molecule has 3 heteroatoms. The molecule has 0 heterocycles. The standard InChI is InChI=1S/C20H23NOS/c1-16(23-18-11-6-3-7-12-18)19(22)21-15-20(13-8-14-20)17-9-4-2-5-10-17/h2-7,9-12,16H,8,13-15H2,1H3,(H,21,22). The van der Waals surface area contributed by atoms with Crippen molar-refractivity contribution < 1.29 is 4.79 Å². The van der Waals surface area contributed by atoms with Crippen LogP contribution in [0.3, 0.4) is 0 Å². The molecular weight excluding hydrogens is 302 g/mol. The monoisotopic (exact) mass is 325 g/mol. The van der Waals surface area contributed by atoms with Gasteiger partial charge in [0.15, 0.2) is 0 Å². The van der Waals surface area contributed by atoms with Crippen molar-refractivity contribution in [3.8, 4) is 0 Å². The Morgan fingerprint density at radius 3 is 2.26 bits per heavy atom. The molecule has 0 radical (unpaired) electrons. The number of hydrogen-bond donors (Lipinski definition) is 1. The van der Waals surface area contributed by atoms with Gasteiger partial charge in [0, 0.05) is 16.9 Å². The van der Waals surface area contributed by atoms with Gasteiger partial charge in [0.25, 0.3) is 0 Å². The topological polar surface area (TPSA) is 29.1 Å². The van der Waals surface area contributed by atoms with Crippen molar-refractivity contribution in [2.24, 2.45) is 0 Å². The SMILES string of the molecule is CC(Sc1ccccc1)C(=O)NCC1(c2ccccc2)CCC1. The van der Waals surface area contributed by atoms with E-state index in [1.165, 1.54) is 12.0 Å². The predicted molar refractivity (Wildman–Crippen MR) is 96.7 cm³/mol. The van der Waals surface area contributed by atoms with Crippen LogP contribution in [0.25, 0.3) is 0 Å². The fourth-order valence-electron chi connectivity index (χ4n) is 3.12. The van der Waals surface area contributed by atoms with Crippen molar-refractivity contribution >= 4 is 17.7 Å². The largest absolute Gasteiger partial charge is 0.354 e. The first kappa shape index (κ1) is 16.1. The Kier molecular flexibility index (Phi) is 5.06. The minimum atomic E-state index is -0.0784. The molecule has 1 fully saturated rings. The minimum absolute atomic E-state index is 0.0784. The number of carbonyl (C=O) groups excluding carboxylic acids is 1. The van der Waals surface area contributed by atoms with Gasteiger partial charge < -0.3 is 5.32 Å². The molecular formula is C20H23NOS. The fraction of sp³-hybridized carbons (Fsp3) is 0.350. The molecule has 2 nitrogen and oxygen atoms in total. The van der Waals surface area contributed by atoms with Crippen molar-refractivity contribution in [3.63, 3.8) is 0 Å². The highest BCUT2D eigenvalue weighted by Gasteiger charge is 2.38. The summed E-state index contributed by atoms with van der Waals surface area (Å²) in [5, 5.41) is 3.11. The molecule has 0 aliphatic heterocycles. The van der Waals surface area contributed by atoms with Crippen LogP contribution >= 0.6 is 11.8 Å². The maximum Gasteiger partial charge on any atom is 0.233 e. The molecule has 2 aromatic rings. The van der Waals surface area contributed by atoms with Crippen molar-refractivity contribution in [1.29, 1.82) is 0 Å². The molecule has 0 bridgehead atoms. The lowest BCUT2D eigenvalue weighted by molar-refractivity contribution is -0.120. The number of amides is 1. The zero-order valence-corrected chi connectivity index (χ0v) is 14.3. The Bertz CT molecular complexity index is 637. The fourth-order valence-corrected chi connectivity index (χ4v) is 4.03. The van der Waals surface area contributed by atoms with Crippen molar-refractivity contribution in [1.82, 2.24) is 5.32 Å². The Morgan fingerprint density at radius 2 is 1.70 bits per heavy atom. The third-order valence-electron chi connectivity index (χ3n) is 4.72. The molecule has 1 N–H and O–H groups in total. The average molecular weight is 325 g/mol. The van der Waals surface area contributed by atoms with E-state index in [4.69, 9.17) is 0 Å². The van der Waals surface area contributed by atoms with Crippen LogP contribution in [0.2, 0.25) is 0 Å². The predicted octanol–water partition coefficient (Wildman–Crippen LogP) is 4.41. The summed E-state index contributed by atoms with van der Waals surface area (Å²) >= 11 is 1.61. The van der Waals surface area contributed by atoms with E-state index in [0.717, 1.165) is 24.3 Å². The lowest BCUT2D eigenvalue weighted by Gasteiger charge is -2.42. The second-order valence-electron chi connectivity index (χ2n) is 6.29. The average Bonchev–Trinajstić information content (AvgIpc) is 2.55. The van der Waals surface area contributed by atoms with Gasteiger partial charge in [-0.05, 0) is 37.5 Å². The second-order valence-corrected chi connectivity index (χ2v) is 7.71. The van der Waals surface area contributed by atoms with Crippen LogP contribution in [0, 0.1) is 0 Å². The van der Waals surface area contributed by atoms with E-state index in [1.54, 1.807) is 11.8 Å². The lowest BCUT2D eigenvalue weighted by atomic mass is 9.64. The van der Waals surface area contributed by atoms with Gasteiger partial charge in [0.05, 0.1) is 5.25 Å². The first-order valence-electron chi connectivity index (χ1n) is 8.25. The zero-order valence-electron chi connectivity index (χ0n) is 13.5. The van der Waals surface area contributed by atoms with Crippen LogP contribution in [0.4, 0.5) is 0 Å². The third-order valence-corrected chi connectivity index (χ3v) is 5.84. The van der Waals surface area contributed by atoms with Gasteiger partial charge >= 0.3 is 0 Å². The van der Waals surface area contributed by atoms with E-state index in [1.807, 2.05) is 43.3 Å². The van der Waals surface area contributed by atoms with Gasteiger partial charge in [-0.25, -0.2) is 0 Å². The molecule has 0 spiro atoms. The molecule has 23 heavy (non-hydrogen) atoms. The van der Waals surface area contributed by atoms with Crippen LogP contribution in [0.5, 0.6) is 0 Å². The molecule has 2 aromatic carbocycles. The van der Waals surface area contributed by atoms with E-state index in [2.05, 4.69) is 29.6 Å². The van der Waals surface area contributed by atoms with Gasteiger partial charge in [-0.2, -0.15) is 0 Å². The van der Waals surface area contributed by atoms with E-state index >= 15 is 0 Å². The highest BCUT2D eigenvalue weighted by molar-refractivity contribution is 8.00. The molecule has 1 amide bonds. The lowest BCUT2D eigenvalue weighted by Crippen LogP contribution is -2.47. The summed E-state index contributed by atoms with van der Waals surface area (Å²) in [4.78, 5) is 13.6. The Morgan fingerprint density at radius 1 is 1.09 bits per heavy atom. The van der Waals surface area contributed by atoms with Crippen molar-refractivity contribution in [3.05, 3.63) is 66.2 Å². The minimum Gasteiger partial charge on any atom is -0.354 e. The number of nitrogens with one attached hydrogen (secondary N) is 1. The third kappa shape index (κ3) is 3.78. The van der Waals surface area contributed by atoms with Crippen LogP contribution in [0.1, 0.15) is 31.7 Å². The number of benzene rings is 2. The first-order valence-corrected chi connectivity index (χ1v) is 9.13. The van der Waals surface area contributed by atoms with Crippen molar-refractivity contribution in [2.75, 3.05) is 6.54 Å². The van der Waals surface area contributed by atoms with Gasteiger partial charge in [-0.1, -0.05) is 55.0 Å².